The van der Waals surface area contributed by atoms with Crippen molar-refractivity contribution in [2.45, 2.75) is 18.0 Å². The number of nitrogens with zero attached hydrogens (tertiary/aromatic N) is 3. The summed E-state index contributed by atoms with van der Waals surface area (Å²) in [5, 5.41) is 3.65. The molecule has 2 amide bonds. The van der Waals surface area contributed by atoms with E-state index in [9.17, 15) is 4.79 Å². The average molecular weight is 379 g/mol. The second kappa shape index (κ2) is 8.33. The Morgan fingerprint density at radius 3 is 2.14 bits per heavy atom. The van der Waals surface area contributed by atoms with Crippen LogP contribution in [0.5, 0.6) is 0 Å². The van der Waals surface area contributed by atoms with Gasteiger partial charge >= 0.3 is 6.03 Å². The summed E-state index contributed by atoms with van der Waals surface area (Å²) >= 11 is 0. The smallest absolute Gasteiger partial charge is 0.319 e. The summed E-state index contributed by atoms with van der Waals surface area (Å²) in [4.78, 5) is 18.8. The second-order valence-corrected chi connectivity index (χ2v) is 8.04. The number of urea groups is 1. The van der Waals surface area contributed by atoms with Crippen LogP contribution in [-0.4, -0.2) is 79.6 Å². The monoisotopic (exact) mass is 378 g/mol. The van der Waals surface area contributed by atoms with E-state index in [0.717, 1.165) is 32.7 Å². The molecule has 0 radical (unpaired) electrons. The normalized spacial score (nSPS) is 22.8. The highest BCUT2D eigenvalue weighted by molar-refractivity contribution is 5.74. The molecule has 2 fully saturated rings. The van der Waals surface area contributed by atoms with Crippen molar-refractivity contribution in [1.29, 1.82) is 0 Å². The van der Waals surface area contributed by atoms with Crippen molar-refractivity contribution in [2.24, 2.45) is 0 Å². The third-order valence-corrected chi connectivity index (χ3v) is 6.04. The minimum absolute atomic E-state index is 0.115. The minimum Gasteiger partial charge on any atom is -0.331 e. The molecule has 5 heteroatoms. The number of carbonyl (C=O) groups excluding carboxylic acids is 1. The summed E-state index contributed by atoms with van der Waals surface area (Å²) in [5.41, 5.74) is 2.71. The fourth-order valence-electron chi connectivity index (χ4n) is 4.73. The Morgan fingerprint density at radius 2 is 1.57 bits per heavy atom. The van der Waals surface area contributed by atoms with E-state index in [0.29, 0.717) is 18.0 Å². The van der Waals surface area contributed by atoms with Gasteiger partial charge in [-0.05, 0) is 11.1 Å². The zero-order chi connectivity index (χ0) is 19.5. The Bertz CT molecular complexity index is 740. The van der Waals surface area contributed by atoms with Crippen LogP contribution in [0.3, 0.4) is 0 Å². The standard InChI is InChI=1S/C23H30N4O/c1-25(2)23(28)26-13-14-27-20(17-26)15-24-16-21(27)22(18-9-5-3-6-10-18)19-11-7-4-8-12-19/h3-12,20-22,24H,13-17H2,1-2H3/t20-,21?/m1/s1. The van der Waals surface area contributed by atoms with E-state index in [1.54, 1.807) is 4.90 Å². The minimum atomic E-state index is 0.115. The van der Waals surface area contributed by atoms with Gasteiger partial charge in [-0.15, -0.1) is 0 Å². The van der Waals surface area contributed by atoms with Crippen LogP contribution in [0.15, 0.2) is 60.7 Å². The molecule has 148 valence electrons. The predicted molar refractivity (Wildman–Crippen MR) is 113 cm³/mol. The van der Waals surface area contributed by atoms with Gasteiger partial charge in [0.25, 0.3) is 0 Å². The molecule has 2 aliphatic heterocycles. The average Bonchev–Trinajstić information content (AvgIpc) is 2.74. The lowest BCUT2D eigenvalue weighted by Crippen LogP contribution is -2.67. The van der Waals surface area contributed by atoms with Crippen LogP contribution >= 0.6 is 0 Å². The molecule has 28 heavy (non-hydrogen) atoms. The first-order chi connectivity index (χ1) is 13.6. The lowest BCUT2D eigenvalue weighted by atomic mass is 9.82. The maximum atomic E-state index is 12.4. The number of hydrogen-bond acceptors (Lipinski definition) is 3. The van der Waals surface area contributed by atoms with Crippen LogP contribution in [0.25, 0.3) is 0 Å². The highest BCUT2D eigenvalue weighted by Gasteiger charge is 2.40. The van der Waals surface area contributed by atoms with Gasteiger partial charge in [0.15, 0.2) is 0 Å². The molecule has 0 spiro atoms. The molecule has 2 aromatic carbocycles. The lowest BCUT2D eigenvalue weighted by Gasteiger charge is -2.51. The number of piperazine rings is 2. The Kier molecular flexibility index (Phi) is 5.64. The van der Waals surface area contributed by atoms with Crippen LogP contribution in [-0.2, 0) is 0 Å². The van der Waals surface area contributed by atoms with Gasteiger partial charge in [-0.2, -0.15) is 0 Å². The van der Waals surface area contributed by atoms with E-state index in [4.69, 9.17) is 0 Å². The zero-order valence-corrected chi connectivity index (χ0v) is 16.8. The summed E-state index contributed by atoms with van der Waals surface area (Å²) in [6, 6.07) is 22.5. The SMILES string of the molecule is CN(C)C(=O)N1CCN2C(C(c3ccccc3)c3ccccc3)CNC[C@@H]2C1. The van der Waals surface area contributed by atoms with Crippen LogP contribution in [0.2, 0.25) is 0 Å². The lowest BCUT2D eigenvalue weighted by molar-refractivity contribution is 0.0231. The molecule has 0 bridgehead atoms. The van der Waals surface area contributed by atoms with E-state index >= 15 is 0 Å². The molecule has 2 saturated heterocycles. The van der Waals surface area contributed by atoms with Crippen LogP contribution in [0, 0.1) is 0 Å². The fourth-order valence-corrected chi connectivity index (χ4v) is 4.73. The van der Waals surface area contributed by atoms with E-state index in [-0.39, 0.29) is 6.03 Å². The molecule has 2 aromatic rings. The van der Waals surface area contributed by atoms with Gasteiger partial charge in [0.2, 0.25) is 0 Å². The first-order valence-corrected chi connectivity index (χ1v) is 10.2. The van der Waals surface area contributed by atoms with Gasteiger partial charge < -0.3 is 15.1 Å². The van der Waals surface area contributed by atoms with Gasteiger partial charge in [-0.3, -0.25) is 4.90 Å². The highest BCUT2D eigenvalue weighted by Crippen LogP contribution is 2.33. The maximum Gasteiger partial charge on any atom is 0.319 e. The maximum absolute atomic E-state index is 12.4. The number of fused-ring (bicyclic) bond motifs is 1. The summed E-state index contributed by atoms with van der Waals surface area (Å²) in [6.07, 6.45) is 0. The largest absolute Gasteiger partial charge is 0.331 e. The first-order valence-electron chi connectivity index (χ1n) is 10.2. The van der Waals surface area contributed by atoms with Crippen molar-refractivity contribution >= 4 is 6.03 Å². The first kappa shape index (κ1) is 19.0. The molecule has 2 atom stereocenters. The van der Waals surface area contributed by atoms with Crippen molar-refractivity contribution in [2.75, 3.05) is 46.8 Å². The van der Waals surface area contributed by atoms with Gasteiger partial charge in [0.05, 0.1) is 0 Å². The second-order valence-electron chi connectivity index (χ2n) is 8.04. The van der Waals surface area contributed by atoms with Gasteiger partial charge in [0.1, 0.15) is 0 Å². The molecular weight excluding hydrogens is 348 g/mol. The summed E-state index contributed by atoms with van der Waals surface area (Å²) in [7, 11) is 3.66. The third-order valence-electron chi connectivity index (χ3n) is 6.04. The molecular formula is C23H30N4O. The number of benzene rings is 2. The molecule has 4 rings (SSSR count). The fraction of sp³-hybridized carbons (Fsp3) is 0.435. The Hall–Kier alpha value is -2.37. The van der Waals surface area contributed by atoms with Crippen LogP contribution in [0.4, 0.5) is 4.79 Å². The third kappa shape index (κ3) is 3.77. The Morgan fingerprint density at radius 1 is 0.964 bits per heavy atom. The molecule has 2 heterocycles. The summed E-state index contributed by atoms with van der Waals surface area (Å²) in [5.74, 6) is 0.314. The highest BCUT2D eigenvalue weighted by atomic mass is 16.2. The van der Waals surface area contributed by atoms with E-state index in [1.807, 2.05) is 19.0 Å². The van der Waals surface area contributed by atoms with Gasteiger partial charge in [-0.25, -0.2) is 4.79 Å². The van der Waals surface area contributed by atoms with Crippen molar-refractivity contribution in [1.82, 2.24) is 20.0 Å². The van der Waals surface area contributed by atoms with E-state index in [1.165, 1.54) is 11.1 Å². The Labute approximate surface area is 167 Å². The quantitative estimate of drug-likeness (QED) is 0.892. The van der Waals surface area contributed by atoms with Crippen molar-refractivity contribution in [3.63, 3.8) is 0 Å². The summed E-state index contributed by atoms with van der Waals surface area (Å²) < 4.78 is 0. The van der Waals surface area contributed by atoms with Crippen LogP contribution in [0.1, 0.15) is 17.0 Å². The number of hydrogen-bond donors (Lipinski definition) is 1. The summed E-state index contributed by atoms with van der Waals surface area (Å²) in [6.45, 7) is 4.40. The number of carbonyl (C=O) groups is 1. The van der Waals surface area contributed by atoms with E-state index < -0.39 is 0 Å². The molecule has 2 aliphatic rings. The van der Waals surface area contributed by atoms with Crippen molar-refractivity contribution in [3.05, 3.63) is 71.8 Å². The molecule has 1 unspecified atom stereocenters. The van der Waals surface area contributed by atoms with Crippen molar-refractivity contribution in [3.8, 4) is 0 Å². The zero-order valence-electron chi connectivity index (χ0n) is 16.8. The topological polar surface area (TPSA) is 38.8 Å². The number of nitrogens with one attached hydrogen (secondary N) is 1. The molecule has 0 aromatic heterocycles. The molecule has 0 aliphatic carbocycles. The molecule has 0 saturated carbocycles. The Balaban J connectivity index is 1.62. The van der Waals surface area contributed by atoms with Crippen LogP contribution < -0.4 is 5.32 Å². The number of rotatable bonds is 3. The van der Waals surface area contributed by atoms with Gasteiger partial charge in [0, 0.05) is 64.8 Å². The van der Waals surface area contributed by atoms with Gasteiger partial charge in [-0.1, -0.05) is 60.7 Å². The molecule has 1 N–H and O–H groups in total. The number of amides is 2. The molecule has 5 nitrogen and oxygen atoms in total. The van der Waals surface area contributed by atoms with Crippen molar-refractivity contribution < 1.29 is 4.79 Å². The van der Waals surface area contributed by atoms with E-state index in [2.05, 4.69) is 70.9 Å². The predicted octanol–water partition coefficient (Wildman–Crippen LogP) is 2.46.